The highest BCUT2D eigenvalue weighted by molar-refractivity contribution is 5.77. The van der Waals surface area contributed by atoms with Gasteiger partial charge in [-0.1, -0.05) is 32.9 Å². The van der Waals surface area contributed by atoms with Gasteiger partial charge in [-0.2, -0.15) is 0 Å². The highest BCUT2D eigenvalue weighted by Crippen LogP contribution is 2.24. The predicted molar refractivity (Wildman–Crippen MR) is 67.5 cm³/mol. The number of carboxylic acid groups (broad SMARTS) is 1. The fourth-order valence-corrected chi connectivity index (χ4v) is 1.45. The second-order valence-electron chi connectivity index (χ2n) is 4.72. The molecule has 0 radical (unpaired) electrons. The molecule has 0 bridgehead atoms. The Morgan fingerprint density at radius 3 is 2.24 bits per heavy atom. The zero-order chi connectivity index (χ0) is 13.1. The van der Waals surface area contributed by atoms with E-state index in [2.05, 4.69) is 13.8 Å². The smallest absolute Gasteiger partial charge is 0.347 e. The monoisotopic (exact) mass is 236 g/mol. The molecule has 1 N–H and O–H groups in total. The van der Waals surface area contributed by atoms with Gasteiger partial charge in [0.25, 0.3) is 0 Å². The molecule has 17 heavy (non-hydrogen) atoms. The standard InChI is InChI=1S/C14H20O3/c1-5-14(4,13(15)16)17-12-8-6-11(7-9-12)10(2)3/h6-10H,5H2,1-4H3,(H,15,16). The van der Waals surface area contributed by atoms with Crippen LogP contribution in [0.15, 0.2) is 24.3 Å². The number of benzene rings is 1. The summed E-state index contributed by atoms with van der Waals surface area (Å²) in [5.41, 5.74) is 0.0603. The molecule has 0 aromatic heterocycles. The quantitative estimate of drug-likeness (QED) is 0.851. The van der Waals surface area contributed by atoms with Crippen LogP contribution in [0.1, 0.15) is 45.6 Å². The van der Waals surface area contributed by atoms with Gasteiger partial charge in [-0.3, -0.25) is 0 Å². The number of rotatable bonds is 5. The molecule has 0 aliphatic rings. The number of ether oxygens (including phenoxy) is 1. The first-order chi connectivity index (χ1) is 7.89. The van der Waals surface area contributed by atoms with Gasteiger partial charge in [-0.25, -0.2) is 4.79 Å². The van der Waals surface area contributed by atoms with Gasteiger partial charge in [-0.15, -0.1) is 0 Å². The highest BCUT2D eigenvalue weighted by atomic mass is 16.5. The number of hydrogen-bond donors (Lipinski definition) is 1. The summed E-state index contributed by atoms with van der Waals surface area (Å²) < 4.78 is 5.55. The minimum absolute atomic E-state index is 0.425. The molecule has 0 saturated carbocycles. The number of carbonyl (C=O) groups is 1. The Morgan fingerprint density at radius 2 is 1.88 bits per heavy atom. The first-order valence-corrected chi connectivity index (χ1v) is 5.91. The van der Waals surface area contributed by atoms with Crippen LogP contribution in [0.2, 0.25) is 0 Å². The SMILES string of the molecule is CCC(C)(Oc1ccc(C(C)C)cc1)C(=O)O. The average Bonchev–Trinajstić information content (AvgIpc) is 2.29. The molecular formula is C14H20O3. The summed E-state index contributed by atoms with van der Waals surface area (Å²) in [5, 5.41) is 9.11. The fraction of sp³-hybridized carbons (Fsp3) is 0.500. The zero-order valence-electron chi connectivity index (χ0n) is 10.9. The van der Waals surface area contributed by atoms with Gasteiger partial charge in [0.05, 0.1) is 0 Å². The zero-order valence-corrected chi connectivity index (χ0v) is 10.9. The van der Waals surface area contributed by atoms with E-state index < -0.39 is 11.6 Å². The maximum absolute atomic E-state index is 11.1. The molecule has 1 rings (SSSR count). The molecule has 0 fully saturated rings. The summed E-state index contributed by atoms with van der Waals surface area (Å²) in [6, 6.07) is 7.59. The van der Waals surface area contributed by atoms with Crippen LogP contribution in [0.5, 0.6) is 5.75 Å². The Morgan fingerprint density at radius 1 is 1.35 bits per heavy atom. The number of carboxylic acids is 1. The fourth-order valence-electron chi connectivity index (χ4n) is 1.45. The molecule has 1 aromatic rings. The predicted octanol–water partition coefficient (Wildman–Crippen LogP) is 3.44. The van der Waals surface area contributed by atoms with Gasteiger partial charge in [0.15, 0.2) is 0 Å². The van der Waals surface area contributed by atoms with E-state index in [1.165, 1.54) is 5.56 Å². The Labute approximate surface area is 102 Å². The van der Waals surface area contributed by atoms with E-state index in [0.29, 0.717) is 18.1 Å². The van der Waals surface area contributed by atoms with E-state index in [4.69, 9.17) is 9.84 Å². The lowest BCUT2D eigenvalue weighted by Gasteiger charge is -2.25. The summed E-state index contributed by atoms with van der Waals surface area (Å²) in [6.45, 7) is 7.62. The third kappa shape index (κ3) is 3.22. The Balaban J connectivity index is 2.85. The van der Waals surface area contributed by atoms with Crippen molar-refractivity contribution in [3.8, 4) is 5.75 Å². The molecule has 3 nitrogen and oxygen atoms in total. The Hall–Kier alpha value is -1.51. The molecule has 0 aliphatic carbocycles. The highest BCUT2D eigenvalue weighted by Gasteiger charge is 2.33. The molecule has 0 aliphatic heterocycles. The number of aliphatic carboxylic acids is 1. The van der Waals surface area contributed by atoms with Gasteiger partial charge in [0.1, 0.15) is 5.75 Å². The van der Waals surface area contributed by atoms with E-state index in [1.54, 1.807) is 13.8 Å². The van der Waals surface area contributed by atoms with Crippen LogP contribution in [0.4, 0.5) is 0 Å². The second kappa shape index (κ2) is 5.21. The molecule has 3 heteroatoms. The summed E-state index contributed by atoms with van der Waals surface area (Å²) in [6.07, 6.45) is 0.425. The molecule has 1 unspecified atom stereocenters. The first-order valence-electron chi connectivity index (χ1n) is 5.91. The molecule has 0 spiro atoms. The van der Waals surface area contributed by atoms with Crippen molar-refractivity contribution in [3.05, 3.63) is 29.8 Å². The van der Waals surface area contributed by atoms with E-state index in [-0.39, 0.29) is 0 Å². The summed E-state index contributed by atoms with van der Waals surface area (Å²) >= 11 is 0. The van der Waals surface area contributed by atoms with Crippen molar-refractivity contribution in [3.63, 3.8) is 0 Å². The third-order valence-electron chi connectivity index (χ3n) is 3.02. The molecule has 94 valence electrons. The minimum Gasteiger partial charge on any atom is -0.478 e. The van der Waals surface area contributed by atoms with Crippen LogP contribution in [0.3, 0.4) is 0 Å². The first kappa shape index (κ1) is 13.6. The Kier molecular flexibility index (Phi) is 4.16. The summed E-state index contributed by atoms with van der Waals surface area (Å²) in [4.78, 5) is 11.1. The topological polar surface area (TPSA) is 46.5 Å². The minimum atomic E-state index is -1.15. The molecule has 1 aromatic carbocycles. The molecule has 0 heterocycles. The molecule has 0 amide bonds. The van der Waals surface area contributed by atoms with Gasteiger partial charge >= 0.3 is 5.97 Å². The third-order valence-corrected chi connectivity index (χ3v) is 3.02. The van der Waals surface area contributed by atoms with Crippen molar-refractivity contribution in [1.82, 2.24) is 0 Å². The van der Waals surface area contributed by atoms with Crippen LogP contribution in [-0.4, -0.2) is 16.7 Å². The Bertz CT molecular complexity index is 381. The van der Waals surface area contributed by atoms with Gasteiger partial charge < -0.3 is 9.84 Å². The van der Waals surface area contributed by atoms with Gasteiger partial charge in [0.2, 0.25) is 5.60 Å². The van der Waals surface area contributed by atoms with Crippen molar-refractivity contribution in [2.45, 2.75) is 45.6 Å². The lowest BCUT2D eigenvalue weighted by Crippen LogP contribution is -2.40. The van der Waals surface area contributed by atoms with Crippen LogP contribution in [-0.2, 0) is 4.79 Å². The largest absolute Gasteiger partial charge is 0.478 e. The molecular weight excluding hydrogens is 216 g/mol. The molecule has 1 atom stereocenters. The summed E-state index contributed by atoms with van der Waals surface area (Å²) in [7, 11) is 0. The normalized spacial score (nSPS) is 14.4. The molecule has 0 saturated heterocycles. The van der Waals surface area contributed by atoms with Crippen molar-refractivity contribution in [1.29, 1.82) is 0 Å². The van der Waals surface area contributed by atoms with E-state index in [1.807, 2.05) is 24.3 Å². The van der Waals surface area contributed by atoms with Crippen LogP contribution in [0, 0.1) is 0 Å². The van der Waals surface area contributed by atoms with Crippen molar-refractivity contribution >= 4 is 5.97 Å². The van der Waals surface area contributed by atoms with E-state index in [9.17, 15) is 4.79 Å². The average molecular weight is 236 g/mol. The van der Waals surface area contributed by atoms with Crippen LogP contribution in [0.25, 0.3) is 0 Å². The van der Waals surface area contributed by atoms with Crippen molar-refractivity contribution in [2.75, 3.05) is 0 Å². The number of hydrogen-bond acceptors (Lipinski definition) is 2. The lowest BCUT2D eigenvalue weighted by atomic mass is 10.0. The van der Waals surface area contributed by atoms with E-state index >= 15 is 0 Å². The van der Waals surface area contributed by atoms with Gasteiger partial charge in [0, 0.05) is 0 Å². The van der Waals surface area contributed by atoms with Gasteiger partial charge in [-0.05, 0) is 37.0 Å². The lowest BCUT2D eigenvalue weighted by molar-refractivity contribution is -0.154. The van der Waals surface area contributed by atoms with E-state index in [0.717, 1.165) is 0 Å². The maximum Gasteiger partial charge on any atom is 0.347 e. The van der Waals surface area contributed by atoms with Crippen LogP contribution >= 0.6 is 0 Å². The van der Waals surface area contributed by atoms with Crippen molar-refractivity contribution < 1.29 is 14.6 Å². The maximum atomic E-state index is 11.1. The van der Waals surface area contributed by atoms with Crippen molar-refractivity contribution in [2.24, 2.45) is 0 Å². The second-order valence-corrected chi connectivity index (χ2v) is 4.72. The summed E-state index contributed by atoms with van der Waals surface area (Å²) in [5.74, 6) is 0.121. The van der Waals surface area contributed by atoms with Crippen LogP contribution < -0.4 is 4.74 Å².